The number of rotatable bonds is 2. The molecule has 4 rings (SSSR count). The Balaban J connectivity index is 2.12. The van der Waals surface area contributed by atoms with Crippen LogP contribution in [-0.2, 0) is 6.18 Å². The number of aromatic hydroxyl groups is 1. The van der Waals surface area contributed by atoms with Crippen molar-refractivity contribution in [2.45, 2.75) is 13.1 Å². The molecule has 0 atom stereocenters. The van der Waals surface area contributed by atoms with Crippen LogP contribution in [-0.4, -0.2) is 14.9 Å². The molecule has 2 aromatic carbocycles. The van der Waals surface area contributed by atoms with E-state index in [1.165, 1.54) is 29.9 Å². The molecule has 4 aromatic rings. The maximum Gasteiger partial charge on any atom is 0.450 e. The maximum absolute atomic E-state index is 13.8. The van der Waals surface area contributed by atoms with Crippen molar-refractivity contribution >= 4 is 11.0 Å². The molecule has 2 aromatic heterocycles. The van der Waals surface area contributed by atoms with Crippen molar-refractivity contribution in [2.24, 2.45) is 0 Å². The SMILES string of the molecule is Cc1cc(O)cc2oc(C(F)(F)F)c(-c3ccnn3-c3ccccc3)c(=O)c12. The quantitative estimate of drug-likeness (QED) is 0.543. The zero-order valence-electron chi connectivity index (χ0n) is 14.5. The Morgan fingerprint density at radius 3 is 2.50 bits per heavy atom. The molecule has 142 valence electrons. The lowest BCUT2D eigenvalue weighted by atomic mass is 10.0. The molecule has 1 N–H and O–H groups in total. The largest absolute Gasteiger partial charge is 0.508 e. The molecule has 2 heterocycles. The van der Waals surface area contributed by atoms with Gasteiger partial charge in [0.2, 0.25) is 11.2 Å². The number of aromatic nitrogens is 2. The van der Waals surface area contributed by atoms with Crippen molar-refractivity contribution in [3.05, 3.63) is 76.3 Å². The van der Waals surface area contributed by atoms with Crippen LogP contribution in [0.15, 0.2) is 63.9 Å². The van der Waals surface area contributed by atoms with Crippen LogP contribution < -0.4 is 5.43 Å². The molecule has 0 spiro atoms. The van der Waals surface area contributed by atoms with E-state index in [1.807, 2.05) is 0 Å². The van der Waals surface area contributed by atoms with E-state index in [-0.39, 0.29) is 22.4 Å². The van der Waals surface area contributed by atoms with Crippen LogP contribution in [0.4, 0.5) is 13.2 Å². The highest BCUT2D eigenvalue weighted by atomic mass is 19.4. The van der Waals surface area contributed by atoms with E-state index >= 15 is 0 Å². The second-order valence-electron chi connectivity index (χ2n) is 6.23. The van der Waals surface area contributed by atoms with Crippen LogP contribution in [0.5, 0.6) is 5.75 Å². The molecule has 0 radical (unpaired) electrons. The average Bonchev–Trinajstić information content (AvgIpc) is 3.10. The van der Waals surface area contributed by atoms with Crippen molar-refractivity contribution in [3.63, 3.8) is 0 Å². The number of aryl methyl sites for hydroxylation is 1. The first-order valence-corrected chi connectivity index (χ1v) is 8.25. The first kappa shape index (κ1) is 17.8. The number of benzene rings is 2. The molecule has 8 heteroatoms. The molecule has 0 fully saturated rings. The molecule has 0 saturated heterocycles. The van der Waals surface area contributed by atoms with Crippen molar-refractivity contribution in [1.82, 2.24) is 9.78 Å². The number of para-hydroxylation sites is 1. The summed E-state index contributed by atoms with van der Waals surface area (Å²) in [6, 6.07) is 12.1. The smallest absolute Gasteiger partial charge is 0.450 e. The maximum atomic E-state index is 13.8. The van der Waals surface area contributed by atoms with Gasteiger partial charge < -0.3 is 9.52 Å². The lowest BCUT2D eigenvalue weighted by Crippen LogP contribution is -2.18. The van der Waals surface area contributed by atoms with Crippen LogP contribution in [0.3, 0.4) is 0 Å². The van der Waals surface area contributed by atoms with E-state index in [2.05, 4.69) is 5.10 Å². The topological polar surface area (TPSA) is 68.3 Å². The van der Waals surface area contributed by atoms with Crippen LogP contribution >= 0.6 is 0 Å². The average molecular weight is 386 g/mol. The third-order valence-electron chi connectivity index (χ3n) is 4.33. The predicted molar refractivity (Wildman–Crippen MR) is 96.4 cm³/mol. The minimum Gasteiger partial charge on any atom is -0.508 e. The summed E-state index contributed by atoms with van der Waals surface area (Å²) in [5.74, 6) is -1.73. The Labute approximate surface area is 156 Å². The molecule has 0 bridgehead atoms. The summed E-state index contributed by atoms with van der Waals surface area (Å²) in [5, 5.41) is 13.7. The highest BCUT2D eigenvalue weighted by molar-refractivity contribution is 5.86. The molecule has 0 saturated carbocycles. The summed E-state index contributed by atoms with van der Waals surface area (Å²) in [4.78, 5) is 13.1. The van der Waals surface area contributed by atoms with E-state index in [4.69, 9.17) is 4.42 Å². The Morgan fingerprint density at radius 1 is 1.11 bits per heavy atom. The van der Waals surface area contributed by atoms with Crippen LogP contribution in [0.25, 0.3) is 27.9 Å². The van der Waals surface area contributed by atoms with Crippen LogP contribution in [0.1, 0.15) is 11.3 Å². The molecule has 5 nitrogen and oxygen atoms in total. The summed E-state index contributed by atoms with van der Waals surface area (Å²) in [7, 11) is 0. The molecule has 28 heavy (non-hydrogen) atoms. The number of fused-ring (bicyclic) bond motifs is 1. The third-order valence-corrected chi connectivity index (χ3v) is 4.33. The first-order valence-electron chi connectivity index (χ1n) is 8.25. The first-order chi connectivity index (χ1) is 13.3. The molecule has 0 unspecified atom stereocenters. The fourth-order valence-corrected chi connectivity index (χ4v) is 3.20. The van der Waals surface area contributed by atoms with Crippen molar-refractivity contribution in [3.8, 4) is 22.7 Å². The predicted octanol–water partition coefficient (Wildman–Crippen LogP) is 4.68. The normalized spacial score (nSPS) is 11.9. The van der Waals surface area contributed by atoms with E-state index in [0.29, 0.717) is 11.3 Å². The summed E-state index contributed by atoms with van der Waals surface area (Å²) in [6.07, 6.45) is -3.61. The molecule has 0 aliphatic carbocycles. The highest BCUT2D eigenvalue weighted by Crippen LogP contribution is 2.38. The van der Waals surface area contributed by atoms with Crippen LogP contribution in [0.2, 0.25) is 0 Å². The van der Waals surface area contributed by atoms with Gasteiger partial charge in [0.25, 0.3) is 0 Å². The second kappa shape index (κ2) is 6.26. The summed E-state index contributed by atoms with van der Waals surface area (Å²) < 4.78 is 47.6. The number of phenolic OH excluding ortho intramolecular Hbond substituents is 1. The second-order valence-corrected chi connectivity index (χ2v) is 6.23. The Bertz CT molecular complexity index is 1240. The van der Waals surface area contributed by atoms with Gasteiger partial charge in [-0.15, -0.1) is 0 Å². The van der Waals surface area contributed by atoms with Gasteiger partial charge in [-0.25, -0.2) is 4.68 Å². The van der Waals surface area contributed by atoms with Gasteiger partial charge in [-0.1, -0.05) is 18.2 Å². The van der Waals surface area contributed by atoms with Gasteiger partial charge in [0.05, 0.1) is 28.5 Å². The minimum atomic E-state index is -4.92. The standard InChI is InChI=1S/C20H13F3N2O3/c1-11-9-13(26)10-15-16(11)18(27)17(19(28-15)20(21,22)23)14-7-8-24-25(14)12-5-3-2-4-6-12/h2-10,26H,1H3. The minimum absolute atomic E-state index is 0.0263. The lowest BCUT2D eigenvalue weighted by molar-refractivity contribution is -0.152. The van der Waals surface area contributed by atoms with Gasteiger partial charge in [0.15, 0.2) is 0 Å². The van der Waals surface area contributed by atoms with E-state index < -0.39 is 22.9 Å². The number of nitrogens with zero attached hydrogens (tertiary/aromatic N) is 2. The number of halogens is 3. The number of phenols is 1. The molecule has 0 amide bonds. The van der Waals surface area contributed by atoms with Gasteiger partial charge in [0, 0.05) is 6.07 Å². The zero-order chi connectivity index (χ0) is 20.1. The van der Waals surface area contributed by atoms with Crippen LogP contribution in [0, 0.1) is 6.92 Å². The van der Waals surface area contributed by atoms with Gasteiger partial charge in [-0.05, 0) is 36.8 Å². The zero-order valence-corrected chi connectivity index (χ0v) is 14.5. The molecular formula is C20H13F3N2O3. The molecular weight excluding hydrogens is 373 g/mol. The number of alkyl halides is 3. The van der Waals surface area contributed by atoms with Crippen molar-refractivity contribution in [1.29, 1.82) is 0 Å². The fraction of sp³-hybridized carbons (Fsp3) is 0.100. The Kier molecular flexibility index (Phi) is 3.99. The number of hydrogen-bond acceptors (Lipinski definition) is 4. The van der Waals surface area contributed by atoms with Gasteiger partial charge in [-0.2, -0.15) is 18.3 Å². The van der Waals surface area contributed by atoms with Crippen molar-refractivity contribution in [2.75, 3.05) is 0 Å². The van der Waals surface area contributed by atoms with E-state index in [0.717, 1.165) is 6.07 Å². The summed E-state index contributed by atoms with van der Waals surface area (Å²) >= 11 is 0. The van der Waals surface area contributed by atoms with Gasteiger partial charge in [-0.3, -0.25) is 4.79 Å². The Hall–Kier alpha value is -3.55. The van der Waals surface area contributed by atoms with E-state index in [9.17, 15) is 23.1 Å². The number of hydrogen-bond donors (Lipinski definition) is 1. The van der Waals surface area contributed by atoms with Crippen molar-refractivity contribution < 1.29 is 22.7 Å². The highest BCUT2D eigenvalue weighted by Gasteiger charge is 2.40. The third kappa shape index (κ3) is 2.83. The molecule has 0 aliphatic heterocycles. The summed E-state index contributed by atoms with van der Waals surface area (Å²) in [5.41, 5.74) is -1.04. The summed E-state index contributed by atoms with van der Waals surface area (Å²) in [6.45, 7) is 1.52. The molecule has 0 aliphatic rings. The fourth-order valence-electron chi connectivity index (χ4n) is 3.20. The Morgan fingerprint density at radius 2 is 1.82 bits per heavy atom. The monoisotopic (exact) mass is 386 g/mol. The lowest BCUT2D eigenvalue weighted by Gasteiger charge is -2.15. The van der Waals surface area contributed by atoms with E-state index in [1.54, 1.807) is 30.3 Å². The van der Waals surface area contributed by atoms with Gasteiger partial charge in [0.1, 0.15) is 11.3 Å². The van der Waals surface area contributed by atoms with Gasteiger partial charge >= 0.3 is 6.18 Å².